The molecule has 2 rings (SSSR count). The molecular weight excluding hydrogens is 316 g/mol. The van der Waals surface area contributed by atoms with Crippen molar-refractivity contribution < 1.29 is 4.79 Å². The van der Waals surface area contributed by atoms with Gasteiger partial charge in [-0.1, -0.05) is 37.5 Å². The second kappa shape index (κ2) is 10.1. The van der Waals surface area contributed by atoms with Crippen LogP contribution in [0.3, 0.4) is 0 Å². The van der Waals surface area contributed by atoms with E-state index in [2.05, 4.69) is 17.4 Å². The normalized spacial score (nSPS) is 16.6. The molecule has 0 aliphatic heterocycles. The zero-order valence-electron chi connectivity index (χ0n) is 13.1. The number of hydrogen-bond acceptors (Lipinski definition) is 3. The molecule has 5 heteroatoms. The van der Waals surface area contributed by atoms with Crippen molar-refractivity contribution in [1.82, 2.24) is 5.32 Å². The first-order valence-corrected chi connectivity index (χ1v) is 8.87. The summed E-state index contributed by atoms with van der Waals surface area (Å²) < 4.78 is 0. The third-order valence-corrected chi connectivity index (χ3v) is 5.33. The monoisotopic (exact) mass is 342 g/mol. The minimum atomic E-state index is 0. The Morgan fingerprint density at radius 1 is 1.18 bits per heavy atom. The Bertz CT molecular complexity index is 436. The molecule has 1 fully saturated rings. The van der Waals surface area contributed by atoms with Crippen LogP contribution in [0.5, 0.6) is 0 Å². The second-order valence-corrected chi connectivity index (χ2v) is 7.12. The third kappa shape index (κ3) is 6.19. The highest BCUT2D eigenvalue weighted by atomic mass is 35.5. The Kier molecular flexibility index (Phi) is 8.91. The molecule has 3 N–H and O–H groups in total. The van der Waals surface area contributed by atoms with Gasteiger partial charge in [-0.25, -0.2) is 0 Å². The van der Waals surface area contributed by atoms with Gasteiger partial charge in [-0.05, 0) is 36.9 Å². The van der Waals surface area contributed by atoms with Crippen LogP contribution >= 0.6 is 24.2 Å². The maximum Gasteiger partial charge on any atom is 0.220 e. The lowest BCUT2D eigenvalue weighted by molar-refractivity contribution is -0.123. The number of nitrogens with two attached hydrogens (primary N) is 1. The first kappa shape index (κ1) is 19.3. The Balaban J connectivity index is 0.00000242. The highest BCUT2D eigenvalue weighted by molar-refractivity contribution is 7.99. The number of hydrogen-bond donors (Lipinski definition) is 2. The van der Waals surface area contributed by atoms with Gasteiger partial charge in [0.25, 0.3) is 0 Å². The van der Waals surface area contributed by atoms with Gasteiger partial charge in [0.15, 0.2) is 0 Å². The molecule has 1 aromatic carbocycles. The van der Waals surface area contributed by atoms with Crippen molar-refractivity contribution in [2.75, 3.05) is 18.8 Å². The van der Waals surface area contributed by atoms with Crippen molar-refractivity contribution in [3.8, 4) is 0 Å². The van der Waals surface area contributed by atoms with E-state index in [9.17, 15) is 4.79 Å². The summed E-state index contributed by atoms with van der Waals surface area (Å²) in [4.78, 5) is 13.4. The number of nitrogens with one attached hydrogen (secondary N) is 1. The molecule has 0 spiro atoms. The molecule has 1 amide bonds. The molecule has 1 saturated carbocycles. The van der Waals surface area contributed by atoms with Gasteiger partial charge < -0.3 is 11.1 Å². The number of carbonyl (C=O) groups is 1. The van der Waals surface area contributed by atoms with Crippen LogP contribution in [0.25, 0.3) is 0 Å². The molecule has 0 atom stereocenters. The predicted octanol–water partition coefficient (Wildman–Crippen LogP) is 3.62. The van der Waals surface area contributed by atoms with Gasteiger partial charge in [0.05, 0.1) is 0 Å². The van der Waals surface area contributed by atoms with E-state index in [0.29, 0.717) is 13.0 Å². The molecular formula is C17H27ClN2OS. The van der Waals surface area contributed by atoms with Gasteiger partial charge in [-0.2, -0.15) is 0 Å². The van der Waals surface area contributed by atoms with Gasteiger partial charge in [0.2, 0.25) is 5.91 Å². The Hall–Kier alpha value is -0.710. The smallest absolute Gasteiger partial charge is 0.220 e. The third-order valence-electron chi connectivity index (χ3n) is 4.32. The first-order valence-electron chi connectivity index (χ1n) is 7.89. The zero-order chi connectivity index (χ0) is 15.0. The Morgan fingerprint density at radius 2 is 1.86 bits per heavy atom. The summed E-state index contributed by atoms with van der Waals surface area (Å²) in [6.07, 6.45) is 6.53. The average Bonchev–Trinajstić information content (AvgIpc) is 2.53. The van der Waals surface area contributed by atoms with Crippen molar-refractivity contribution in [3.05, 3.63) is 30.3 Å². The van der Waals surface area contributed by atoms with Crippen LogP contribution in [0.2, 0.25) is 0 Å². The molecule has 1 aromatic rings. The van der Waals surface area contributed by atoms with Crippen molar-refractivity contribution in [2.24, 2.45) is 11.1 Å². The first-order chi connectivity index (χ1) is 10.2. The van der Waals surface area contributed by atoms with Crippen LogP contribution in [0.4, 0.5) is 0 Å². The fourth-order valence-corrected chi connectivity index (χ4v) is 3.82. The van der Waals surface area contributed by atoms with Gasteiger partial charge in [-0.15, -0.1) is 24.2 Å². The van der Waals surface area contributed by atoms with E-state index in [1.54, 1.807) is 11.8 Å². The summed E-state index contributed by atoms with van der Waals surface area (Å²) in [5.41, 5.74) is 6.00. The lowest BCUT2D eigenvalue weighted by Gasteiger charge is -2.35. The van der Waals surface area contributed by atoms with Crippen molar-refractivity contribution in [1.29, 1.82) is 0 Å². The van der Waals surface area contributed by atoms with E-state index in [1.165, 1.54) is 24.2 Å². The minimum absolute atomic E-state index is 0. The largest absolute Gasteiger partial charge is 0.355 e. The lowest BCUT2D eigenvalue weighted by atomic mass is 9.72. The number of halogens is 1. The fraction of sp³-hybridized carbons (Fsp3) is 0.588. The number of rotatable bonds is 7. The van der Waals surface area contributed by atoms with Crippen LogP contribution in [0, 0.1) is 5.41 Å². The van der Waals surface area contributed by atoms with E-state index in [-0.39, 0.29) is 23.7 Å². The van der Waals surface area contributed by atoms with E-state index in [0.717, 1.165) is 25.1 Å². The van der Waals surface area contributed by atoms with E-state index in [4.69, 9.17) is 5.73 Å². The summed E-state index contributed by atoms with van der Waals surface area (Å²) in [5.74, 6) is 1.07. The summed E-state index contributed by atoms with van der Waals surface area (Å²) in [6, 6.07) is 10.3. The van der Waals surface area contributed by atoms with Crippen molar-refractivity contribution >= 4 is 30.1 Å². The Morgan fingerprint density at radius 3 is 2.50 bits per heavy atom. The van der Waals surface area contributed by atoms with E-state index in [1.807, 2.05) is 18.2 Å². The number of amides is 1. The zero-order valence-corrected chi connectivity index (χ0v) is 14.7. The van der Waals surface area contributed by atoms with E-state index >= 15 is 0 Å². The maximum atomic E-state index is 12.1. The fourth-order valence-electron chi connectivity index (χ4n) is 3.03. The number of benzene rings is 1. The molecule has 124 valence electrons. The highest BCUT2D eigenvalue weighted by Crippen LogP contribution is 2.38. The molecule has 0 heterocycles. The standard InChI is InChI=1S/C17H26N2OS.ClH/c18-14-17(9-5-2-6-10-17)13-16(20)19-11-12-21-15-7-3-1-4-8-15;/h1,3-4,7-8H,2,5-6,9-14,18H2,(H,19,20);1H. The number of thioether (sulfide) groups is 1. The van der Waals surface area contributed by atoms with Crippen LogP contribution in [0.15, 0.2) is 35.2 Å². The molecule has 1 aliphatic rings. The minimum Gasteiger partial charge on any atom is -0.355 e. The summed E-state index contributed by atoms with van der Waals surface area (Å²) >= 11 is 1.77. The molecule has 0 unspecified atom stereocenters. The average molecular weight is 343 g/mol. The van der Waals surface area contributed by atoms with Crippen LogP contribution < -0.4 is 11.1 Å². The molecule has 22 heavy (non-hydrogen) atoms. The number of carbonyl (C=O) groups excluding carboxylic acids is 1. The van der Waals surface area contributed by atoms with Gasteiger partial charge in [0.1, 0.15) is 0 Å². The van der Waals surface area contributed by atoms with Crippen molar-refractivity contribution in [2.45, 2.75) is 43.4 Å². The lowest BCUT2D eigenvalue weighted by Crippen LogP contribution is -2.39. The van der Waals surface area contributed by atoms with Gasteiger partial charge in [-0.3, -0.25) is 4.79 Å². The molecule has 0 saturated heterocycles. The Labute approximate surface area is 144 Å². The van der Waals surface area contributed by atoms with E-state index < -0.39 is 0 Å². The SMILES string of the molecule is Cl.NCC1(CC(=O)NCCSc2ccccc2)CCCCC1. The van der Waals surface area contributed by atoms with Gasteiger partial charge in [0, 0.05) is 23.6 Å². The second-order valence-electron chi connectivity index (χ2n) is 5.95. The maximum absolute atomic E-state index is 12.1. The molecule has 0 bridgehead atoms. The molecule has 0 aromatic heterocycles. The predicted molar refractivity (Wildman–Crippen MR) is 96.6 cm³/mol. The molecule has 1 aliphatic carbocycles. The summed E-state index contributed by atoms with van der Waals surface area (Å²) in [5, 5.41) is 3.04. The molecule has 3 nitrogen and oxygen atoms in total. The summed E-state index contributed by atoms with van der Waals surface area (Å²) in [6.45, 7) is 1.36. The van der Waals surface area contributed by atoms with Crippen LogP contribution in [0.1, 0.15) is 38.5 Å². The van der Waals surface area contributed by atoms with Gasteiger partial charge >= 0.3 is 0 Å². The van der Waals surface area contributed by atoms with Crippen LogP contribution in [-0.2, 0) is 4.79 Å². The molecule has 0 radical (unpaired) electrons. The van der Waals surface area contributed by atoms with Crippen LogP contribution in [-0.4, -0.2) is 24.7 Å². The quantitative estimate of drug-likeness (QED) is 0.587. The summed E-state index contributed by atoms with van der Waals surface area (Å²) in [7, 11) is 0. The highest BCUT2D eigenvalue weighted by Gasteiger charge is 2.32. The van der Waals surface area contributed by atoms with Crippen molar-refractivity contribution in [3.63, 3.8) is 0 Å². The topological polar surface area (TPSA) is 55.1 Å².